The fourth-order valence-electron chi connectivity index (χ4n) is 1.85. The predicted molar refractivity (Wildman–Crippen MR) is 77.3 cm³/mol. The Bertz CT molecular complexity index is 490. The zero-order valence-electron chi connectivity index (χ0n) is 9.85. The molecule has 0 amide bonds. The van der Waals surface area contributed by atoms with E-state index in [2.05, 4.69) is 17.0 Å². The molecule has 1 aliphatic heterocycles. The number of nitrogens with one attached hydrogen (secondary N) is 2. The minimum Gasteiger partial charge on any atom is -0.315 e. The van der Waals surface area contributed by atoms with Crippen molar-refractivity contribution in [3.63, 3.8) is 0 Å². The van der Waals surface area contributed by atoms with Crippen LogP contribution >= 0.6 is 35.3 Å². The van der Waals surface area contributed by atoms with Crippen LogP contribution in [0.5, 0.6) is 0 Å². The van der Waals surface area contributed by atoms with Crippen LogP contribution in [-0.2, 0) is 10.0 Å². The second kappa shape index (κ2) is 6.54. The molecule has 0 spiro atoms. The molecule has 0 aliphatic carbocycles. The number of hydrogen-bond acceptors (Lipinski definition) is 4. The van der Waals surface area contributed by atoms with E-state index in [4.69, 9.17) is 11.6 Å². The van der Waals surface area contributed by atoms with Crippen molar-refractivity contribution in [2.75, 3.05) is 13.1 Å². The number of hydrogen-bond donors (Lipinski definition) is 2. The first-order valence-electron chi connectivity index (χ1n) is 5.47. The van der Waals surface area contributed by atoms with Gasteiger partial charge in [-0.1, -0.05) is 18.5 Å². The average Bonchev–Trinajstić information content (AvgIpc) is 2.69. The molecule has 1 fully saturated rings. The zero-order valence-corrected chi connectivity index (χ0v) is 13.1. The lowest BCUT2D eigenvalue weighted by atomic mass is 9.96. The maximum absolute atomic E-state index is 12.1. The van der Waals surface area contributed by atoms with E-state index >= 15 is 0 Å². The lowest BCUT2D eigenvalue weighted by Gasteiger charge is -2.29. The number of halogens is 2. The third-order valence-corrected chi connectivity index (χ3v) is 6.16. The minimum absolute atomic E-state index is 0. The maximum Gasteiger partial charge on any atom is 0.250 e. The number of thiophene rings is 1. The summed E-state index contributed by atoms with van der Waals surface area (Å²) in [5.74, 6) is 0.349. The maximum atomic E-state index is 12.1. The van der Waals surface area contributed by atoms with E-state index in [0.717, 1.165) is 24.3 Å². The minimum atomic E-state index is -3.43. The van der Waals surface area contributed by atoms with Crippen molar-refractivity contribution in [1.82, 2.24) is 10.0 Å². The SMILES string of the molecule is CC1CCNCC1NS(=O)(=O)c1ccc(Cl)s1.Cl. The molecule has 0 saturated carbocycles. The molecule has 2 unspecified atom stereocenters. The lowest BCUT2D eigenvalue weighted by Crippen LogP contribution is -2.49. The fraction of sp³-hybridized carbons (Fsp3) is 0.600. The van der Waals surface area contributed by atoms with Crippen LogP contribution in [0.25, 0.3) is 0 Å². The summed E-state index contributed by atoms with van der Waals surface area (Å²) in [7, 11) is -3.43. The summed E-state index contributed by atoms with van der Waals surface area (Å²) < 4.78 is 27.6. The summed E-state index contributed by atoms with van der Waals surface area (Å²) in [6.07, 6.45) is 0.985. The Balaban J connectivity index is 0.00000162. The van der Waals surface area contributed by atoms with Crippen molar-refractivity contribution in [3.8, 4) is 0 Å². The molecule has 4 nitrogen and oxygen atoms in total. The van der Waals surface area contributed by atoms with Gasteiger partial charge in [0, 0.05) is 12.6 Å². The molecule has 1 aromatic rings. The standard InChI is InChI=1S/C10H15ClN2O2S2.ClH/c1-7-4-5-12-6-8(7)13-17(14,15)10-3-2-9(11)16-10;/h2-3,7-8,12-13H,4-6H2,1H3;1H. The number of sulfonamides is 1. The van der Waals surface area contributed by atoms with E-state index in [-0.39, 0.29) is 22.7 Å². The normalized spacial score (nSPS) is 24.6. The lowest BCUT2D eigenvalue weighted by molar-refractivity contribution is 0.327. The first-order valence-corrected chi connectivity index (χ1v) is 8.15. The van der Waals surface area contributed by atoms with E-state index in [9.17, 15) is 8.42 Å². The first kappa shape index (κ1) is 16.2. The molecule has 8 heteroatoms. The highest BCUT2D eigenvalue weighted by Gasteiger charge is 2.27. The van der Waals surface area contributed by atoms with Gasteiger partial charge in [0.05, 0.1) is 4.34 Å². The van der Waals surface area contributed by atoms with Gasteiger partial charge in [-0.2, -0.15) is 0 Å². The molecule has 0 bridgehead atoms. The van der Waals surface area contributed by atoms with Gasteiger partial charge in [-0.25, -0.2) is 13.1 Å². The van der Waals surface area contributed by atoms with Gasteiger partial charge < -0.3 is 5.32 Å². The predicted octanol–water partition coefficient (Wildman–Crippen LogP) is 2.10. The van der Waals surface area contributed by atoms with Crippen LogP contribution in [-0.4, -0.2) is 27.5 Å². The Labute approximate surface area is 123 Å². The highest BCUT2D eigenvalue weighted by molar-refractivity contribution is 7.91. The molecule has 0 radical (unpaired) electrons. The molecule has 0 aromatic carbocycles. The monoisotopic (exact) mass is 330 g/mol. The fourth-order valence-corrected chi connectivity index (χ4v) is 4.69. The quantitative estimate of drug-likeness (QED) is 0.892. The summed E-state index contributed by atoms with van der Waals surface area (Å²) in [4.78, 5) is 0. The third-order valence-electron chi connectivity index (χ3n) is 2.95. The second-order valence-electron chi connectivity index (χ2n) is 4.26. The van der Waals surface area contributed by atoms with Crippen molar-refractivity contribution in [2.24, 2.45) is 5.92 Å². The van der Waals surface area contributed by atoms with Crippen LogP contribution in [0.1, 0.15) is 13.3 Å². The van der Waals surface area contributed by atoms with Crippen molar-refractivity contribution < 1.29 is 8.42 Å². The third kappa shape index (κ3) is 3.82. The van der Waals surface area contributed by atoms with E-state index in [0.29, 0.717) is 16.8 Å². The van der Waals surface area contributed by atoms with Crippen LogP contribution in [0.4, 0.5) is 0 Å². The van der Waals surface area contributed by atoms with Crippen LogP contribution < -0.4 is 10.0 Å². The Morgan fingerprint density at radius 2 is 2.22 bits per heavy atom. The van der Waals surface area contributed by atoms with E-state index in [1.807, 2.05) is 0 Å². The van der Waals surface area contributed by atoms with Gasteiger partial charge in [0.1, 0.15) is 4.21 Å². The summed E-state index contributed by atoms with van der Waals surface area (Å²) in [6.45, 7) is 3.69. The Morgan fingerprint density at radius 1 is 1.50 bits per heavy atom. The molecule has 2 rings (SSSR count). The topological polar surface area (TPSA) is 58.2 Å². The van der Waals surface area contributed by atoms with Gasteiger partial charge in [-0.05, 0) is 31.0 Å². The van der Waals surface area contributed by atoms with Gasteiger partial charge in [0.2, 0.25) is 10.0 Å². The summed E-state index contributed by atoms with van der Waals surface area (Å²) in [5, 5.41) is 3.19. The van der Waals surface area contributed by atoms with Crippen molar-refractivity contribution in [2.45, 2.75) is 23.6 Å². The van der Waals surface area contributed by atoms with Crippen molar-refractivity contribution in [3.05, 3.63) is 16.5 Å². The zero-order chi connectivity index (χ0) is 12.5. The van der Waals surface area contributed by atoms with E-state index in [1.165, 1.54) is 6.07 Å². The smallest absolute Gasteiger partial charge is 0.250 e. The molecule has 2 N–H and O–H groups in total. The molecule has 18 heavy (non-hydrogen) atoms. The van der Waals surface area contributed by atoms with Gasteiger partial charge in [-0.3, -0.25) is 0 Å². The van der Waals surface area contributed by atoms with E-state index < -0.39 is 10.0 Å². The number of piperidine rings is 1. The Hall–Kier alpha value is 0.150. The van der Waals surface area contributed by atoms with Gasteiger partial charge >= 0.3 is 0 Å². The van der Waals surface area contributed by atoms with Crippen LogP contribution in [0.15, 0.2) is 16.3 Å². The van der Waals surface area contributed by atoms with Gasteiger partial charge in [0.25, 0.3) is 0 Å². The first-order chi connectivity index (χ1) is 7.99. The summed E-state index contributed by atoms with van der Waals surface area (Å²) in [5.41, 5.74) is 0. The molecule has 2 heterocycles. The summed E-state index contributed by atoms with van der Waals surface area (Å²) in [6, 6.07) is 3.09. The average molecular weight is 331 g/mol. The Morgan fingerprint density at radius 3 is 2.78 bits per heavy atom. The number of rotatable bonds is 3. The largest absolute Gasteiger partial charge is 0.315 e. The van der Waals surface area contributed by atoms with Crippen molar-refractivity contribution in [1.29, 1.82) is 0 Å². The highest BCUT2D eigenvalue weighted by Crippen LogP contribution is 2.26. The van der Waals surface area contributed by atoms with Crippen LogP contribution in [0.2, 0.25) is 4.34 Å². The van der Waals surface area contributed by atoms with Gasteiger partial charge in [-0.15, -0.1) is 23.7 Å². The molecule has 2 atom stereocenters. The molecular weight excluding hydrogens is 315 g/mol. The van der Waals surface area contributed by atoms with E-state index in [1.54, 1.807) is 6.07 Å². The van der Waals surface area contributed by atoms with Crippen molar-refractivity contribution >= 4 is 45.4 Å². The molecule has 1 saturated heterocycles. The van der Waals surface area contributed by atoms with Gasteiger partial charge in [0.15, 0.2) is 0 Å². The molecule has 1 aromatic heterocycles. The van der Waals surface area contributed by atoms with Crippen LogP contribution in [0.3, 0.4) is 0 Å². The summed E-state index contributed by atoms with van der Waals surface area (Å²) >= 11 is 6.83. The molecular formula is C10H16Cl2N2O2S2. The second-order valence-corrected chi connectivity index (χ2v) is 7.91. The Kier molecular flexibility index (Phi) is 5.89. The molecule has 1 aliphatic rings. The van der Waals surface area contributed by atoms with Crippen LogP contribution in [0, 0.1) is 5.92 Å². The highest BCUT2D eigenvalue weighted by atomic mass is 35.5. The molecule has 104 valence electrons.